The fourth-order valence-corrected chi connectivity index (χ4v) is 2.94. The molecule has 3 atom stereocenters. The van der Waals surface area contributed by atoms with Crippen molar-refractivity contribution in [2.24, 2.45) is 0 Å². The van der Waals surface area contributed by atoms with Gasteiger partial charge >= 0.3 is 0 Å². The van der Waals surface area contributed by atoms with E-state index in [4.69, 9.17) is 9.47 Å². The maximum absolute atomic E-state index is 5.80. The molecule has 0 radical (unpaired) electrons. The molecule has 112 valence electrons. The molecule has 1 heterocycles. The topological polar surface area (TPSA) is 21.8 Å². The van der Waals surface area contributed by atoms with E-state index in [1.54, 1.807) is 0 Å². The van der Waals surface area contributed by atoms with Crippen molar-refractivity contribution in [1.82, 2.24) is 0 Å². The van der Waals surface area contributed by atoms with Crippen LogP contribution in [-0.4, -0.2) is 18.8 Å². The van der Waals surface area contributed by atoms with Gasteiger partial charge in [0, 0.05) is 0 Å². The molecular weight excluding hydrogens is 248 g/mol. The highest BCUT2D eigenvalue weighted by Crippen LogP contribution is 2.37. The maximum atomic E-state index is 5.80. The molecule has 0 aliphatic carbocycles. The molecule has 2 nitrogen and oxygen atoms in total. The Balaban J connectivity index is 2.06. The van der Waals surface area contributed by atoms with Crippen molar-refractivity contribution in [3.63, 3.8) is 0 Å². The Labute approximate surface area is 123 Å². The monoisotopic (exact) mass is 276 g/mol. The summed E-state index contributed by atoms with van der Waals surface area (Å²) in [5.74, 6) is 1.59. The zero-order valence-electron chi connectivity index (χ0n) is 13.5. The first-order chi connectivity index (χ1) is 9.58. The van der Waals surface area contributed by atoms with Gasteiger partial charge in [0.25, 0.3) is 0 Å². The zero-order valence-corrected chi connectivity index (χ0v) is 13.5. The minimum atomic E-state index is 0.478. The van der Waals surface area contributed by atoms with Crippen LogP contribution in [0.3, 0.4) is 0 Å². The van der Waals surface area contributed by atoms with Gasteiger partial charge in [0.05, 0.1) is 18.8 Å². The van der Waals surface area contributed by atoms with E-state index in [-0.39, 0.29) is 0 Å². The van der Waals surface area contributed by atoms with Gasteiger partial charge in [-0.1, -0.05) is 26.8 Å². The average molecular weight is 276 g/mol. The number of benzene rings is 1. The van der Waals surface area contributed by atoms with Gasteiger partial charge in [0.2, 0.25) is 0 Å². The standard InChI is InChI=1S/C18H28O2/c1-6-10-19-17-9-8-15(13(4)14(17)5)12(3)11-18-16(7-2)20-18/h8-9,12,16,18H,6-7,10-11H2,1-5H3. The largest absolute Gasteiger partial charge is 0.493 e. The third kappa shape index (κ3) is 3.35. The Hall–Kier alpha value is -1.02. The van der Waals surface area contributed by atoms with Crippen molar-refractivity contribution >= 4 is 0 Å². The lowest BCUT2D eigenvalue weighted by molar-refractivity contribution is 0.315. The van der Waals surface area contributed by atoms with Crippen LogP contribution in [0.5, 0.6) is 5.75 Å². The van der Waals surface area contributed by atoms with E-state index in [1.165, 1.54) is 16.7 Å². The second-order valence-electron chi connectivity index (χ2n) is 6.01. The van der Waals surface area contributed by atoms with Crippen LogP contribution in [0.4, 0.5) is 0 Å². The van der Waals surface area contributed by atoms with Gasteiger partial charge in [0.15, 0.2) is 0 Å². The first-order valence-electron chi connectivity index (χ1n) is 7.96. The van der Waals surface area contributed by atoms with Gasteiger partial charge in [-0.3, -0.25) is 0 Å². The maximum Gasteiger partial charge on any atom is 0.122 e. The predicted octanol–water partition coefficient (Wildman–Crippen LogP) is 4.76. The minimum Gasteiger partial charge on any atom is -0.493 e. The summed E-state index contributed by atoms with van der Waals surface area (Å²) in [5.41, 5.74) is 4.10. The van der Waals surface area contributed by atoms with E-state index < -0.39 is 0 Å². The predicted molar refractivity (Wildman–Crippen MR) is 83.7 cm³/mol. The highest BCUT2D eigenvalue weighted by molar-refractivity contribution is 5.45. The summed E-state index contributed by atoms with van der Waals surface area (Å²) in [4.78, 5) is 0. The summed E-state index contributed by atoms with van der Waals surface area (Å²) in [5, 5.41) is 0. The van der Waals surface area contributed by atoms with Gasteiger partial charge < -0.3 is 9.47 Å². The fourth-order valence-electron chi connectivity index (χ4n) is 2.94. The molecule has 1 aromatic rings. The van der Waals surface area contributed by atoms with Gasteiger partial charge in [-0.05, 0) is 61.8 Å². The summed E-state index contributed by atoms with van der Waals surface area (Å²) in [6.45, 7) is 11.8. The third-order valence-corrected chi connectivity index (χ3v) is 4.45. The molecule has 3 unspecified atom stereocenters. The van der Waals surface area contributed by atoms with Gasteiger partial charge in [0.1, 0.15) is 5.75 Å². The zero-order chi connectivity index (χ0) is 14.7. The van der Waals surface area contributed by atoms with E-state index in [1.807, 2.05) is 0 Å². The number of ether oxygens (including phenoxy) is 2. The summed E-state index contributed by atoms with van der Waals surface area (Å²) >= 11 is 0. The Kier molecular flexibility index (Phi) is 5.09. The molecule has 0 aromatic heterocycles. The molecule has 1 aromatic carbocycles. The summed E-state index contributed by atoms with van der Waals surface area (Å²) in [7, 11) is 0. The molecule has 0 amide bonds. The summed E-state index contributed by atoms with van der Waals surface area (Å²) in [6.07, 6.45) is 4.30. The van der Waals surface area contributed by atoms with E-state index >= 15 is 0 Å². The van der Waals surface area contributed by atoms with Gasteiger partial charge in [-0.15, -0.1) is 0 Å². The van der Waals surface area contributed by atoms with E-state index in [9.17, 15) is 0 Å². The second kappa shape index (κ2) is 6.62. The lowest BCUT2D eigenvalue weighted by atomic mass is 9.89. The van der Waals surface area contributed by atoms with E-state index in [0.717, 1.165) is 31.6 Å². The lowest BCUT2D eigenvalue weighted by Crippen LogP contribution is -2.05. The number of hydrogen-bond acceptors (Lipinski definition) is 2. The highest BCUT2D eigenvalue weighted by Gasteiger charge is 2.38. The fraction of sp³-hybridized carbons (Fsp3) is 0.667. The molecule has 1 aliphatic heterocycles. The minimum absolute atomic E-state index is 0.478. The van der Waals surface area contributed by atoms with Crippen LogP contribution in [0.25, 0.3) is 0 Å². The second-order valence-corrected chi connectivity index (χ2v) is 6.01. The van der Waals surface area contributed by atoms with Crippen molar-refractivity contribution in [2.45, 2.75) is 72.0 Å². The van der Waals surface area contributed by atoms with Crippen molar-refractivity contribution < 1.29 is 9.47 Å². The van der Waals surface area contributed by atoms with Crippen LogP contribution in [0.1, 0.15) is 62.6 Å². The van der Waals surface area contributed by atoms with Crippen LogP contribution in [0.2, 0.25) is 0 Å². The van der Waals surface area contributed by atoms with Crippen LogP contribution < -0.4 is 4.74 Å². The summed E-state index contributed by atoms with van der Waals surface area (Å²) in [6, 6.07) is 4.37. The molecule has 0 saturated carbocycles. The first-order valence-corrected chi connectivity index (χ1v) is 7.96. The van der Waals surface area contributed by atoms with E-state index in [2.05, 4.69) is 46.8 Å². The van der Waals surface area contributed by atoms with Crippen LogP contribution in [0.15, 0.2) is 12.1 Å². The van der Waals surface area contributed by atoms with Crippen LogP contribution in [0, 0.1) is 13.8 Å². The van der Waals surface area contributed by atoms with Crippen LogP contribution >= 0.6 is 0 Å². The molecule has 0 spiro atoms. The van der Waals surface area contributed by atoms with Crippen LogP contribution in [-0.2, 0) is 4.74 Å². The van der Waals surface area contributed by atoms with Crippen molar-refractivity contribution in [3.8, 4) is 5.75 Å². The molecule has 0 bridgehead atoms. The molecule has 0 N–H and O–H groups in total. The Bertz CT molecular complexity index is 453. The number of epoxide rings is 1. The lowest BCUT2D eigenvalue weighted by Gasteiger charge is -2.18. The number of hydrogen-bond donors (Lipinski definition) is 0. The highest BCUT2D eigenvalue weighted by atomic mass is 16.6. The summed E-state index contributed by atoms with van der Waals surface area (Å²) < 4.78 is 11.5. The normalized spacial score (nSPS) is 22.6. The van der Waals surface area contributed by atoms with Crippen molar-refractivity contribution in [1.29, 1.82) is 0 Å². The van der Waals surface area contributed by atoms with Gasteiger partial charge in [-0.25, -0.2) is 0 Å². The molecule has 1 fully saturated rings. The Morgan fingerprint density at radius 3 is 2.50 bits per heavy atom. The van der Waals surface area contributed by atoms with E-state index in [0.29, 0.717) is 18.1 Å². The Morgan fingerprint density at radius 1 is 1.15 bits per heavy atom. The van der Waals surface area contributed by atoms with Crippen molar-refractivity contribution in [2.75, 3.05) is 6.61 Å². The Morgan fingerprint density at radius 2 is 1.90 bits per heavy atom. The average Bonchev–Trinajstić information content (AvgIpc) is 3.18. The molecule has 2 rings (SSSR count). The molecule has 1 saturated heterocycles. The van der Waals surface area contributed by atoms with Crippen molar-refractivity contribution in [3.05, 3.63) is 28.8 Å². The van der Waals surface area contributed by atoms with Gasteiger partial charge in [-0.2, -0.15) is 0 Å². The molecule has 20 heavy (non-hydrogen) atoms. The molecule has 1 aliphatic rings. The SMILES string of the molecule is CCCOc1ccc(C(C)CC2OC2CC)c(C)c1C. The quantitative estimate of drug-likeness (QED) is 0.669. The first kappa shape index (κ1) is 15.4. The third-order valence-electron chi connectivity index (χ3n) is 4.45. The smallest absolute Gasteiger partial charge is 0.122 e. The molecular formula is C18H28O2. The molecule has 2 heteroatoms. The number of rotatable bonds is 7.